The van der Waals surface area contributed by atoms with Crippen molar-refractivity contribution in [1.82, 2.24) is 0 Å². The SMILES string of the molecule is Cc1ccc(C(=O)O[C@@H](C)C#N)cc1[N+](=O)[O-]. The van der Waals surface area contributed by atoms with Crippen LogP contribution in [0.25, 0.3) is 0 Å². The van der Waals surface area contributed by atoms with Crippen molar-refractivity contribution in [3.8, 4) is 6.07 Å². The number of aryl methyl sites for hydroxylation is 1. The molecule has 88 valence electrons. The van der Waals surface area contributed by atoms with Gasteiger partial charge in [-0.25, -0.2) is 4.79 Å². The molecule has 0 N–H and O–H groups in total. The fourth-order valence-electron chi connectivity index (χ4n) is 1.19. The van der Waals surface area contributed by atoms with Gasteiger partial charge in [0.15, 0.2) is 6.10 Å². The lowest BCUT2D eigenvalue weighted by molar-refractivity contribution is -0.385. The lowest BCUT2D eigenvalue weighted by Gasteiger charge is -2.06. The van der Waals surface area contributed by atoms with E-state index in [-0.39, 0.29) is 11.3 Å². The molecule has 0 fully saturated rings. The number of hydrogen-bond acceptors (Lipinski definition) is 5. The van der Waals surface area contributed by atoms with Crippen LogP contribution in [0.5, 0.6) is 0 Å². The molecule has 0 unspecified atom stereocenters. The second-order valence-electron chi connectivity index (χ2n) is 3.44. The zero-order chi connectivity index (χ0) is 13.0. The van der Waals surface area contributed by atoms with E-state index in [1.165, 1.54) is 19.1 Å². The molecule has 17 heavy (non-hydrogen) atoms. The van der Waals surface area contributed by atoms with E-state index in [0.29, 0.717) is 5.56 Å². The van der Waals surface area contributed by atoms with E-state index in [9.17, 15) is 14.9 Å². The predicted octanol–water partition coefficient (Wildman–Crippen LogP) is 1.97. The van der Waals surface area contributed by atoms with Crippen molar-refractivity contribution in [2.75, 3.05) is 0 Å². The fourth-order valence-corrected chi connectivity index (χ4v) is 1.19. The van der Waals surface area contributed by atoms with Crippen LogP contribution < -0.4 is 0 Å². The molecule has 1 atom stereocenters. The van der Waals surface area contributed by atoms with Crippen LogP contribution in [0.2, 0.25) is 0 Å². The molecule has 1 aromatic rings. The lowest BCUT2D eigenvalue weighted by atomic mass is 10.1. The largest absolute Gasteiger partial charge is 0.444 e. The summed E-state index contributed by atoms with van der Waals surface area (Å²) in [5.41, 5.74) is 0.369. The van der Waals surface area contributed by atoms with Gasteiger partial charge in [-0.15, -0.1) is 0 Å². The third-order valence-electron chi connectivity index (χ3n) is 2.11. The highest BCUT2D eigenvalue weighted by Crippen LogP contribution is 2.19. The second-order valence-corrected chi connectivity index (χ2v) is 3.44. The maximum absolute atomic E-state index is 11.5. The summed E-state index contributed by atoms with van der Waals surface area (Å²) in [4.78, 5) is 21.6. The second kappa shape index (κ2) is 5.07. The van der Waals surface area contributed by atoms with E-state index in [0.717, 1.165) is 6.07 Å². The summed E-state index contributed by atoms with van der Waals surface area (Å²) in [5, 5.41) is 19.2. The van der Waals surface area contributed by atoms with Crippen molar-refractivity contribution >= 4 is 11.7 Å². The Morgan fingerprint density at radius 1 is 1.59 bits per heavy atom. The molecule has 1 rings (SSSR count). The average molecular weight is 234 g/mol. The monoisotopic (exact) mass is 234 g/mol. The van der Waals surface area contributed by atoms with Gasteiger partial charge in [0.2, 0.25) is 0 Å². The number of nitriles is 1. The first-order valence-electron chi connectivity index (χ1n) is 4.81. The first kappa shape index (κ1) is 12.6. The molecular weight excluding hydrogens is 224 g/mol. The summed E-state index contributed by atoms with van der Waals surface area (Å²) < 4.78 is 4.74. The summed E-state index contributed by atoms with van der Waals surface area (Å²) in [6, 6.07) is 5.77. The van der Waals surface area contributed by atoms with Crippen molar-refractivity contribution < 1.29 is 14.5 Å². The van der Waals surface area contributed by atoms with E-state index in [1.54, 1.807) is 13.0 Å². The zero-order valence-electron chi connectivity index (χ0n) is 9.34. The van der Waals surface area contributed by atoms with Gasteiger partial charge in [0.05, 0.1) is 10.5 Å². The highest BCUT2D eigenvalue weighted by molar-refractivity contribution is 5.90. The van der Waals surface area contributed by atoms with Crippen molar-refractivity contribution in [2.45, 2.75) is 20.0 Å². The molecule has 0 saturated heterocycles. The van der Waals surface area contributed by atoms with Crippen LogP contribution in [0, 0.1) is 28.4 Å². The van der Waals surface area contributed by atoms with Gasteiger partial charge in [0.25, 0.3) is 5.69 Å². The zero-order valence-corrected chi connectivity index (χ0v) is 9.34. The lowest BCUT2D eigenvalue weighted by Crippen LogP contribution is -2.13. The Kier molecular flexibility index (Phi) is 3.78. The van der Waals surface area contributed by atoms with E-state index in [1.807, 2.05) is 0 Å². The number of carbonyl (C=O) groups is 1. The van der Waals surface area contributed by atoms with Crippen LogP contribution in [0.15, 0.2) is 18.2 Å². The Hall–Kier alpha value is -2.42. The number of rotatable bonds is 3. The van der Waals surface area contributed by atoms with Gasteiger partial charge in [-0.1, -0.05) is 6.07 Å². The fraction of sp³-hybridized carbons (Fsp3) is 0.273. The standard InChI is InChI=1S/C11H10N2O4/c1-7-3-4-9(5-10(7)13(15)16)11(14)17-8(2)6-12/h3-5,8H,1-2H3/t8-/m0/s1. The molecule has 0 aliphatic carbocycles. The van der Waals surface area contributed by atoms with Gasteiger partial charge >= 0.3 is 5.97 Å². The Morgan fingerprint density at radius 2 is 2.24 bits per heavy atom. The van der Waals surface area contributed by atoms with Crippen molar-refractivity contribution in [1.29, 1.82) is 5.26 Å². The molecule has 0 aliphatic heterocycles. The summed E-state index contributed by atoms with van der Waals surface area (Å²) >= 11 is 0. The van der Waals surface area contributed by atoms with E-state index in [2.05, 4.69) is 0 Å². The summed E-state index contributed by atoms with van der Waals surface area (Å²) in [6.07, 6.45) is -0.886. The van der Waals surface area contributed by atoms with Crippen LogP contribution in [-0.4, -0.2) is 17.0 Å². The van der Waals surface area contributed by atoms with Crippen LogP contribution in [0.4, 0.5) is 5.69 Å². The number of nitrogens with zero attached hydrogens (tertiary/aromatic N) is 2. The Bertz CT molecular complexity index is 505. The Labute approximate surface area is 97.6 Å². The topological polar surface area (TPSA) is 93.2 Å². The number of esters is 1. The van der Waals surface area contributed by atoms with Crippen LogP contribution in [-0.2, 0) is 4.74 Å². The minimum Gasteiger partial charge on any atom is -0.444 e. The first-order valence-corrected chi connectivity index (χ1v) is 4.81. The van der Waals surface area contributed by atoms with Gasteiger partial charge in [-0.2, -0.15) is 5.26 Å². The third kappa shape index (κ3) is 3.01. The molecule has 6 heteroatoms. The first-order chi connectivity index (χ1) is 7.95. The Morgan fingerprint density at radius 3 is 2.76 bits per heavy atom. The minimum absolute atomic E-state index is 0.0596. The quantitative estimate of drug-likeness (QED) is 0.452. The van der Waals surface area contributed by atoms with Gasteiger partial charge in [-0.05, 0) is 19.9 Å². The van der Waals surface area contributed by atoms with E-state index < -0.39 is 17.0 Å². The number of benzene rings is 1. The van der Waals surface area contributed by atoms with E-state index in [4.69, 9.17) is 10.00 Å². The molecule has 0 aromatic heterocycles. The van der Waals surface area contributed by atoms with Gasteiger partial charge in [-0.3, -0.25) is 10.1 Å². The maximum atomic E-state index is 11.5. The normalized spacial score (nSPS) is 11.4. The van der Waals surface area contributed by atoms with Gasteiger partial charge in [0.1, 0.15) is 6.07 Å². The molecule has 0 saturated carbocycles. The van der Waals surface area contributed by atoms with Gasteiger partial charge < -0.3 is 4.74 Å². The molecule has 0 amide bonds. The highest BCUT2D eigenvalue weighted by Gasteiger charge is 2.17. The van der Waals surface area contributed by atoms with Crippen molar-refractivity contribution in [3.05, 3.63) is 39.4 Å². The summed E-state index contributed by atoms with van der Waals surface area (Å²) in [5.74, 6) is -0.748. The molecule has 0 spiro atoms. The molecule has 0 aliphatic rings. The summed E-state index contributed by atoms with van der Waals surface area (Å²) in [7, 11) is 0. The predicted molar refractivity (Wildman–Crippen MR) is 58.3 cm³/mol. The molecule has 0 bridgehead atoms. The highest BCUT2D eigenvalue weighted by atomic mass is 16.6. The third-order valence-corrected chi connectivity index (χ3v) is 2.11. The van der Waals surface area contributed by atoms with Crippen molar-refractivity contribution in [3.63, 3.8) is 0 Å². The minimum atomic E-state index is -0.886. The molecule has 0 heterocycles. The number of hydrogen-bond donors (Lipinski definition) is 0. The van der Waals surface area contributed by atoms with E-state index >= 15 is 0 Å². The number of carbonyl (C=O) groups excluding carboxylic acids is 1. The van der Waals surface area contributed by atoms with Crippen molar-refractivity contribution in [2.24, 2.45) is 0 Å². The number of nitro groups is 1. The summed E-state index contributed by atoms with van der Waals surface area (Å²) in [6.45, 7) is 2.99. The molecule has 0 radical (unpaired) electrons. The van der Waals surface area contributed by atoms with Crippen LogP contribution in [0.3, 0.4) is 0 Å². The molecule has 6 nitrogen and oxygen atoms in total. The average Bonchev–Trinajstić information content (AvgIpc) is 2.28. The molecular formula is C11H10N2O4. The molecule has 1 aromatic carbocycles. The smallest absolute Gasteiger partial charge is 0.339 e. The van der Waals surface area contributed by atoms with Crippen LogP contribution in [0.1, 0.15) is 22.8 Å². The van der Waals surface area contributed by atoms with Crippen LogP contribution >= 0.6 is 0 Å². The maximum Gasteiger partial charge on any atom is 0.339 e. The Balaban J connectivity index is 3.01. The number of ether oxygens (including phenoxy) is 1. The number of nitro benzene ring substituents is 1. The van der Waals surface area contributed by atoms with Gasteiger partial charge in [0, 0.05) is 11.6 Å².